The average molecular weight is 257 g/mol. The third kappa shape index (κ3) is 2.90. The van der Waals surface area contributed by atoms with Crippen molar-refractivity contribution in [1.82, 2.24) is 9.97 Å². The summed E-state index contributed by atoms with van der Waals surface area (Å²) in [7, 11) is 1.62. The van der Waals surface area contributed by atoms with E-state index in [1.807, 2.05) is 6.07 Å². The van der Waals surface area contributed by atoms with E-state index >= 15 is 0 Å². The van der Waals surface area contributed by atoms with Crippen molar-refractivity contribution in [3.63, 3.8) is 0 Å². The van der Waals surface area contributed by atoms with E-state index in [0.29, 0.717) is 18.2 Å². The SMILES string of the molecule is COCc1nc(N)cc(-c2c(C)cc(C)cc2C)n1. The molecule has 0 atom stereocenters. The first kappa shape index (κ1) is 13.5. The van der Waals surface area contributed by atoms with E-state index in [1.165, 1.54) is 16.7 Å². The molecule has 1 heterocycles. The molecule has 19 heavy (non-hydrogen) atoms. The molecule has 0 saturated carbocycles. The number of nitrogens with two attached hydrogens (primary N) is 1. The van der Waals surface area contributed by atoms with Crippen molar-refractivity contribution >= 4 is 5.82 Å². The van der Waals surface area contributed by atoms with Crippen LogP contribution in [-0.4, -0.2) is 17.1 Å². The summed E-state index contributed by atoms with van der Waals surface area (Å²) in [6, 6.07) is 6.11. The highest BCUT2D eigenvalue weighted by molar-refractivity contribution is 5.69. The Morgan fingerprint density at radius 2 is 1.68 bits per heavy atom. The maximum absolute atomic E-state index is 5.85. The Labute approximate surface area is 113 Å². The van der Waals surface area contributed by atoms with E-state index in [-0.39, 0.29) is 0 Å². The number of anilines is 1. The zero-order chi connectivity index (χ0) is 14.0. The quantitative estimate of drug-likeness (QED) is 0.918. The van der Waals surface area contributed by atoms with Crippen LogP contribution in [0.25, 0.3) is 11.3 Å². The molecule has 1 aromatic heterocycles. The van der Waals surface area contributed by atoms with Crippen molar-refractivity contribution in [2.75, 3.05) is 12.8 Å². The summed E-state index contributed by atoms with van der Waals surface area (Å²) in [5.74, 6) is 1.08. The van der Waals surface area contributed by atoms with Crippen LogP contribution in [0.5, 0.6) is 0 Å². The van der Waals surface area contributed by atoms with Crippen molar-refractivity contribution in [2.45, 2.75) is 27.4 Å². The topological polar surface area (TPSA) is 61.0 Å². The van der Waals surface area contributed by atoms with Crippen LogP contribution >= 0.6 is 0 Å². The first-order valence-electron chi connectivity index (χ1n) is 6.22. The first-order valence-corrected chi connectivity index (χ1v) is 6.22. The van der Waals surface area contributed by atoms with Gasteiger partial charge in [-0.1, -0.05) is 17.7 Å². The van der Waals surface area contributed by atoms with Gasteiger partial charge in [0.15, 0.2) is 5.82 Å². The predicted molar refractivity (Wildman–Crippen MR) is 76.8 cm³/mol. The largest absolute Gasteiger partial charge is 0.384 e. The summed E-state index contributed by atoms with van der Waals surface area (Å²) in [6.07, 6.45) is 0. The van der Waals surface area contributed by atoms with Crippen molar-refractivity contribution < 1.29 is 4.74 Å². The lowest BCUT2D eigenvalue weighted by Gasteiger charge is -2.12. The average Bonchev–Trinajstić information content (AvgIpc) is 2.26. The first-order chi connectivity index (χ1) is 9.01. The molecule has 2 aromatic rings. The van der Waals surface area contributed by atoms with Crippen LogP contribution in [-0.2, 0) is 11.3 Å². The van der Waals surface area contributed by atoms with E-state index in [9.17, 15) is 0 Å². The number of nitrogens with zero attached hydrogens (tertiary/aromatic N) is 2. The van der Waals surface area contributed by atoms with E-state index in [4.69, 9.17) is 10.5 Å². The molecule has 1 aromatic carbocycles. The predicted octanol–water partition coefficient (Wildman–Crippen LogP) is 2.80. The summed E-state index contributed by atoms with van der Waals surface area (Å²) in [4.78, 5) is 8.70. The van der Waals surface area contributed by atoms with Gasteiger partial charge in [-0.25, -0.2) is 9.97 Å². The van der Waals surface area contributed by atoms with E-state index in [1.54, 1.807) is 7.11 Å². The van der Waals surface area contributed by atoms with Gasteiger partial charge >= 0.3 is 0 Å². The van der Waals surface area contributed by atoms with Gasteiger partial charge in [0.2, 0.25) is 0 Å². The minimum Gasteiger partial charge on any atom is -0.384 e. The third-order valence-corrected chi connectivity index (χ3v) is 3.00. The van der Waals surface area contributed by atoms with E-state index in [2.05, 4.69) is 42.9 Å². The number of methoxy groups -OCH3 is 1. The number of aryl methyl sites for hydroxylation is 3. The van der Waals surface area contributed by atoms with Gasteiger partial charge in [-0.05, 0) is 31.9 Å². The van der Waals surface area contributed by atoms with Gasteiger partial charge < -0.3 is 10.5 Å². The van der Waals surface area contributed by atoms with Crippen LogP contribution in [0.1, 0.15) is 22.5 Å². The van der Waals surface area contributed by atoms with Crippen LogP contribution in [0.4, 0.5) is 5.82 Å². The molecule has 100 valence electrons. The Kier molecular flexibility index (Phi) is 3.81. The normalized spacial score (nSPS) is 10.7. The van der Waals surface area contributed by atoms with Crippen LogP contribution in [0.3, 0.4) is 0 Å². The van der Waals surface area contributed by atoms with Crippen LogP contribution in [0.2, 0.25) is 0 Å². The number of nitrogen functional groups attached to an aromatic ring is 1. The Morgan fingerprint density at radius 3 is 2.26 bits per heavy atom. The molecule has 2 N–H and O–H groups in total. The maximum atomic E-state index is 5.85. The van der Waals surface area contributed by atoms with Gasteiger partial charge in [0, 0.05) is 18.7 Å². The summed E-state index contributed by atoms with van der Waals surface area (Å²) in [6.45, 7) is 6.63. The number of hydrogen-bond donors (Lipinski definition) is 1. The maximum Gasteiger partial charge on any atom is 0.157 e. The molecule has 0 bridgehead atoms. The molecule has 0 aliphatic carbocycles. The zero-order valence-electron chi connectivity index (χ0n) is 11.8. The lowest BCUT2D eigenvalue weighted by Crippen LogP contribution is -2.03. The molecule has 4 heteroatoms. The lowest BCUT2D eigenvalue weighted by atomic mass is 9.97. The van der Waals surface area contributed by atoms with Crippen molar-refractivity contribution in [3.8, 4) is 11.3 Å². The van der Waals surface area contributed by atoms with Crippen molar-refractivity contribution in [3.05, 3.63) is 40.7 Å². The molecule has 0 aliphatic rings. The van der Waals surface area contributed by atoms with Gasteiger partial charge in [-0.2, -0.15) is 0 Å². The van der Waals surface area contributed by atoms with Gasteiger partial charge in [0.25, 0.3) is 0 Å². The molecule has 2 rings (SSSR count). The highest BCUT2D eigenvalue weighted by Gasteiger charge is 2.10. The smallest absolute Gasteiger partial charge is 0.157 e. The minimum atomic E-state index is 0.363. The van der Waals surface area contributed by atoms with Gasteiger partial charge in [0.05, 0.1) is 5.69 Å². The number of aromatic nitrogens is 2. The van der Waals surface area contributed by atoms with Crippen LogP contribution in [0, 0.1) is 20.8 Å². The molecule has 0 saturated heterocycles. The highest BCUT2D eigenvalue weighted by Crippen LogP contribution is 2.27. The molecule has 0 fully saturated rings. The summed E-state index contributed by atoms with van der Waals surface area (Å²) in [5, 5.41) is 0. The van der Waals surface area contributed by atoms with Crippen LogP contribution in [0.15, 0.2) is 18.2 Å². The monoisotopic (exact) mass is 257 g/mol. The summed E-state index contributed by atoms with van der Waals surface area (Å²) in [5.41, 5.74) is 11.5. The molecule has 0 radical (unpaired) electrons. The Balaban J connectivity index is 2.58. The summed E-state index contributed by atoms with van der Waals surface area (Å²) < 4.78 is 5.07. The van der Waals surface area contributed by atoms with Gasteiger partial charge in [-0.3, -0.25) is 0 Å². The highest BCUT2D eigenvalue weighted by atomic mass is 16.5. The number of benzene rings is 1. The van der Waals surface area contributed by atoms with E-state index < -0.39 is 0 Å². The second-order valence-corrected chi connectivity index (χ2v) is 4.80. The molecular weight excluding hydrogens is 238 g/mol. The Hall–Kier alpha value is -1.94. The fraction of sp³-hybridized carbons (Fsp3) is 0.333. The van der Waals surface area contributed by atoms with E-state index in [0.717, 1.165) is 11.3 Å². The number of rotatable bonds is 3. The standard InChI is InChI=1S/C15H19N3O/c1-9-5-10(2)15(11(3)6-9)12-7-13(16)18-14(17-12)8-19-4/h5-7H,8H2,1-4H3,(H2,16,17,18). The summed E-state index contributed by atoms with van der Waals surface area (Å²) >= 11 is 0. The minimum absolute atomic E-state index is 0.363. The fourth-order valence-corrected chi connectivity index (χ4v) is 2.42. The molecular formula is C15H19N3O. The van der Waals surface area contributed by atoms with Crippen molar-refractivity contribution in [2.24, 2.45) is 0 Å². The molecule has 4 nitrogen and oxygen atoms in total. The van der Waals surface area contributed by atoms with Gasteiger partial charge in [0.1, 0.15) is 12.4 Å². The second kappa shape index (κ2) is 5.36. The van der Waals surface area contributed by atoms with Crippen molar-refractivity contribution in [1.29, 1.82) is 0 Å². The zero-order valence-corrected chi connectivity index (χ0v) is 11.8. The molecule has 0 spiro atoms. The third-order valence-electron chi connectivity index (χ3n) is 3.00. The molecule has 0 unspecified atom stereocenters. The lowest BCUT2D eigenvalue weighted by molar-refractivity contribution is 0.178. The number of ether oxygens (including phenoxy) is 1. The second-order valence-electron chi connectivity index (χ2n) is 4.80. The Bertz CT molecular complexity index is 585. The fourth-order valence-electron chi connectivity index (χ4n) is 2.42. The molecule has 0 amide bonds. The Morgan fingerprint density at radius 1 is 1.05 bits per heavy atom. The van der Waals surface area contributed by atoms with Gasteiger partial charge in [-0.15, -0.1) is 0 Å². The molecule has 0 aliphatic heterocycles. The van der Waals surface area contributed by atoms with Crippen LogP contribution < -0.4 is 5.73 Å². The number of hydrogen-bond acceptors (Lipinski definition) is 4.